The van der Waals surface area contributed by atoms with E-state index in [-0.39, 0.29) is 0 Å². The highest BCUT2D eigenvalue weighted by atomic mass is 79.9. The highest BCUT2D eigenvalue weighted by molar-refractivity contribution is 9.10. The van der Waals surface area contributed by atoms with Crippen molar-refractivity contribution in [3.8, 4) is 0 Å². The molecule has 0 aliphatic carbocycles. The van der Waals surface area contributed by atoms with E-state index in [9.17, 15) is 0 Å². The van der Waals surface area contributed by atoms with E-state index >= 15 is 0 Å². The molecule has 0 aliphatic rings. The highest BCUT2D eigenvalue weighted by Crippen LogP contribution is 2.35. The molecule has 0 atom stereocenters. The SMILES string of the molecule is Cc1nn(C)cc1CNc1ccc(Br)c(Cl)c1Cl. The summed E-state index contributed by atoms with van der Waals surface area (Å²) in [6, 6.07) is 3.76. The molecule has 0 spiro atoms. The molecule has 3 nitrogen and oxygen atoms in total. The number of hydrogen-bond acceptors (Lipinski definition) is 2. The first kappa shape index (κ1) is 13.7. The van der Waals surface area contributed by atoms with E-state index in [1.807, 2.05) is 32.3 Å². The average Bonchev–Trinajstić information content (AvgIpc) is 2.64. The zero-order chi connectivity index (χ0) is 13.3. The Labute approximate surface area is 124 Å². The first-order chi connectivity index (χ1) is 8.49. The van der Waals surface area contributed by atoms with Gasteiger partial charge in [0.05, 0.1) is 21.4 Å². The third-order valence-corrected chi connectivity index (χ3v) is 4.39. The summed E-state index contributed by atoms with van der Waals surface area (Å²) < 4.78 is 2.58. The minimum atomic E-state index is 0.518. The maximum absolute atomic E-state index is 6.16. The van der Waals surface area contributed by atoms with Crippen molar-refractivity contribution in [1.29, 1.82) is 0 Å². The molecule has 0 radical (unpaired) electrons. The van der Waals surface area contributed by atoms with Gasteiger partial charge in [-0.25, -0.2) is 0 Å². The molecular formula is C12H12BrCl2N3. The molecule has 0 fully saturated rings. The maximum Gasteiger partial charge on any atom is 0.0835 e. The molecule has 1 aromatic heterocycles. The minimum Gasteiger partial charge on any atom is -0.380 e. The summed E-state index contributed by atoms with van der Waals surface area (Å²) in [4.78, 5) is 0. The number of rotatable bonds is 3. The van der Waals surface area contributed by atoms with Crippen molar-refractivity contribution >= 4 is 44.8 Å². The molecule has 18 heavy (non-hydrogen) atoms. The third kappa shape index (κ3) is 2.82. The van der Waals surface area contributed by atoms with Crippen LogP contribution in [0.3, 0.4) is 0 Å². The van der Waals surface area contributed by atoms with Gasteiger partial charge in [0, 0.05) is 29.8 Å². The lowest BCUT2D eigenvalue weighted by Gasteiger charge is -2.09. The molecule has 1 aromatic carbocycles. The number of anilines is 1. The van der Waals surface area contributed by atoms with Crippen LogP contribution in [0.15, 0.2) is 22.8 Å². The van der Waals surface area contributed by atoms with Gasteiger partial charge >= 0.3 is 0 Å². The lowest BCUT2D eigenvalue weighted by atomic mass is 10.2. The fourth-order valence-corrected chi connectivity index (χ4v) is 2.52. The number of halogens is 3. The van der Waals surface area contributed by atoms with Gasteiger partial charge in [-0.2, -0.15) is 5.10 Å². The van der Waals surface area contributed by atoms with E-state index in [4.69, 9.17) is 23.2 Å². The Balaban J connectivity index is 2.16. The Kier molecular flexibility index (Phi) is 4.20. The van der Waals surface area contributed by atoms with Crippen molar-refractivity contribution in [2.24, 2.45) is 7.05 Å². The van der Waals surface area contributed by atoms with Gasteiger partial charge in [0.2, 0.25) is 0 Å². The number of benzene rings is 1. The van der Waals surface area contributed by atoms with Gasteiger partial charge < -0.3 is 5.32 Å². The largest absolute Gasteiger partial charge is 0.380 e. The molecule has 0 saturated carbocycles. The van der Waals surface area contributed by atoms with Crippen molar-refractivity contribution in [3.05, 3.63) is 44.1 Å². The Morgan fingerprint density at radius 3 is 2.67 bits per heavy atom. The Hall–Kier alpha value is -0.710. The van der Waals surface area contributed by atoms with Crippen molar-refractivity contribution < 1.29 is 0 Å². The number of aryl methyl sites for hydroxylation is 2. The Morgan fingerprint density at radius 1 is 1.33 bits per heavy atom. The molecule has 2 aromatic rings. The summed E-state index contributed by atoms with van der Waals surface area (Å²) in [5, 5.41) is 8.59. The minimum absolute atomic E-state index is 0.518. The molecule has 0 unspecified atom stereocenters. The Bertz CT molecular complexity index is 581. The molecule has 96 valence electrons. The van der Waals surface area contributed by atoms with Gasteiger partial charge in [-0.3, -0.25) is 4.68 Å². The van der Waals surface area contributed by atoms with Crippen LogP contribution in [0.25, 0.3) is 0 Å². The fourth-order valence-electron chi connectivity index (χ4n) is 1.68. The van der Waals surface area contributed by atoms with E-state index in [1.165, 1.54) is 0 Å². The predicted octanol–water partition coefficient (Wildman–Crippen LogP) is 4.41. The van der Waals surface area contributed by atoms with Gasteiger partial charge in [0.15, 0.2) is 0 Å². The maximum atomic E-state index is 6.16. The summed E-state index contributed by atoms with van der Waals surface area (Å²) in [7, 11) is 1.90. The summed E-state index contributed by atoms with van der Waals surface area (Å²) in [5.74, 6) is 0. The monoisotopic (exact) mass is 347 g/mol. The summed E-state index contributed by atoms with van der Waals surface area (Å²) in [6.45, 7) is 2.64. The van der Waals surface area contributed by atoms with Crippen molar-refractivity contribution in [2.75, 3.05) is 5.32 Å². The standard InChI is InChI=1S/C12H12BrCl2N3/c1-7-8(6-18(2)17-7)5-16-10-4-3-9(13)11(14)12(10)15/h3-4,6,16H,5H2,1-2H3. The van der Waals surface area contributed by atoms with Crippen LogP contribution in [-0.2, 0) is 13.6 Å². The highest BCUT2D eigenvalue weighted by Gasteiger charge is 2.09. The zero-order valence-corrected chi connectivity index (χ0v) is 13.1. The molecule has 0 aliphatic heterocycles. The molecule has 1 N–H and O–H groups in total. The van der Waals surface area contributed by atoms with Crippen LogP contribution in [0.1, 0.15) is 11.3 Å². The normalized spacial score (nSPS) is 10.7. The average molecular weight is 349 g/mol. The van der Waals surface area contributed by atoms with Crippen LogP contribution in [0.2, 0.25) is 10.0 Å². The van der Waals surface area contributed by atoms with Crippen LogP contribution in [0, 0.1) is 6.92 Å². The molecule has 6 heteroatoms. The van der Waals surface area contributed by atoms with E-state index in [0.29, 0.717) is 16.6 Å². The van der Waals surface area contributed by atoms with Crippen LogP contribution in [-0.4, -0.2) is 9.78 Å². The van der Waals surface area contributed by atoms with E-state index in [1.54, 1.807) is 4.68 Å². The molecule has 0 saturated heterocycles. The van der Waals surface area contributed by atoms with Gasteiger partial charge in [-0.1, -0.05) is 23.2 Å². The van der Waals surface area contributed by atoms with Crippen LogP contribution < -0.4 is 5.32 Å². The topological polar surface area (TPSA) is 29.9 Å². The molecule has 0 amide bonds. The number of nitrogens with zero attached hydrogens (tertiary/aromatic N) is 2. The first-order valence-electron chi connectivity index (χ1n) is 5.35. The van der Waals surface area contributed by atoms with E-state index < -0.39 is 0 Å². The van der Waals surface area contributed by atoms with Crippen molar-refractivity contribution in [1.82, 2.24) is 9.78 Å². The lowest BCUT2D eigenvalue weighted by Crippen LogP contribution is -2.00. The van der Waals surface area contributed by atoms with Gasteiger partial charge in [-0.05, 0) is 35.0 Å². The lowest BCUT2D eigenvalue weighted by molar-refractivity contribution is 0.756. The summed E-state index contributed by atoms with van der Waals surface area (Å²) >= 11 is 15.6. The zero-order valence-electron chi connectivity index (χ0n) is 9.97. The molecule has 2 rings (SSSR count). The van der Waals surface area contributed by atoms with Gasteiger partial charge in [0.25, 0.3) is 0 Å². The number of hydrogen-bond donors (Lipinski definition) is 1. The van der Waals surface area contributed by atoms with Crippen LogP contribution in [0.5, 0.6) is 0 Å². The van der Waals surface area contributed by atoms with Crippen molar-refractivity contribution in [2.45, 2.75) is 13.5 Å². The smallest absolute Gasteiger partial charge is 0.0835 e. The van der Waals surface area contributed by atoms with E-state index in [2.05, 4.69) is 26.3 Å². The summed E-state index contributed by atoms with van der Waals surface area (Å²) in [6.07, 6.45) is 1.98. The van der Waals surface area contributed by atoms with Crippen molar-refractivity contribution in [3.63, 3.8) is 0 Å². The first-order valence-corrected chi connectivity index (χ1v) is 6.90. The van der Waals surface area contributed by atoms with Crippen LogP contribution in [0.4, 0.5) is 5.69 Å². The molecule has 1 heterocycles. The second-order valence-electron chi connectivity index (χ2n) is 3.99. The predicted molar refractivity (Wildman–Crippen MR) is 79.4 cm³/mol. The Morgan fingerprint density at radius 2 is 2.06 bits per heavy atom. The van der Waals surface area contributed by atoms with Gasteiger partial charge in [-0.15, -0.1) is 0 Å². The third-order valence-electron chi connectivity index (χ3n) is 2.62. The number of aromatic nitrogens is 2. The quantitative estimate of drug-likeness (QED) is 0.832. The van der Waals surface area contributed by atoms with Crippen LogP contribution >= 0.6 is 39.1 Å². The number of nitrogens with one attached hydrogen (secondary N) is 1. The fraction of sp³-hybridized carbons (Fsp3) is 0.250. The molecular weight excluding hydrogens is 337 g/mol. The molecule has 0 bridgehead atoms. The second-order valence-corrected chi connectivity index (χ2v) is 5.60. The van der Waals surface area contributed by atoms with E-state index in [0.717, 1.165) is 21.4 Å². The van der Waals surface area contributed by atoms with Gasteiger partial charge in [0.1, 0.15) is 0 Å². The summed E-state index contributed by atoms with van der Waals surface area (Å²) in [5.41, 5.74) is 2.95. The second kappa shape index (κ2) is 5.51.